The van der Waals surface area contributed by atoms with Crippen LogP contribution in [0, 0.1) is 0 Å². The fourth-order valence-electron chi connectivity index (χ4n) is 3.76. The van der Waals surface area contributed by atoms with E-state index in [4.69, 9.17) is 32.7 Å². The van der Waals surface area contributed by atoms with Gasteiger partial charge in [0.15, 0.2) is 17.5 Å². The summed E-state index contributed by atoms with van der Waals surface area (Å²) in [5.74, 6) is 0.410. The van der Waals surface area contributed by atoms with Crippen molar-refractivity contribution in [2.45, 2.75) is 12.1 Å². The summed E-state index contributed by atoms with van der Waals surface area (Å²) in [6.45, 7) is 0. The van der Waals surface area contributed by atoms with E-state index in [1.165, 1.54) is 0 Å². The van der Waals surface area contributed by atoms with Gasteiger partial charge in [0.1, 0.15) is 0 Å². The van der Waals surface area contributed by atoms with Crippen molar-refractivity contribution in [2.75, 3.05) is 14.2 Å². The van der Waals surface area contributed by atoms with Crippen molar-refractivity contribution in [3.63, 3.8) is 0 Å². The molecule has 1 fully saturated rings. The lowest BCUT2D eigenvalue weighted by Gasteiger charge is -2.15. The summed E-state index contributed by atoms with van der Waals surface area (Å²) in [6, 6.07) is 17.6. The van der Waals surface area contributed by atoms with E-state index in [9.17, 15) is 9.59 Å². The highest BCUT2D eigenvalue weighted by atomic mass is 35.5. The Balaban J connectivity index is 1.71. The number of nitrogens with zero attached hydrogens (tertiary/aromatic N) is 1. The summed E-state index contributed by atoms with van der Waals surface area (Å²) in [5.41, 5.74) is 4.80. The minimum atomic E-state index is -0.860. The lowest BCUT2D eigenvalue weighted by molar-refractivity contribution is -0.596. The molecule has 1 aliphatic rings. The Bertz CT molecular complexity index is 1240. The number of halogens is 2. The van der Waals surface area contributed by atoms with E-state index < -0.39 is 12.1 Å². The minimum Gasteiger partial charge on any atom is -0.493 e. The Morgan fingerprint density at radius 1 is 0.941 bits per heavy atom. The van der Waals surface area contributed by atoms with E-state index in [1.54, 1.807) is 73.6 Å². The van der Waals surface area contributed by atoms with Crippen molar-refractivity contribution < 1.29 is 23.7 Å². The monoisotopic (exact) mass is 498 g/mol. The number of methoxy groups -OCH3 is 2. The lowest BCUT2D eigenvalue weighted by atomic mass is 9.99. The number of ether oxygens (including phenoxy) is 2. The van der Waals surface area contributed by atoms with Gasteiger partial charge in [-0.1, -0.05) is 35.3 Å². The Kier molecular flexibility index (Phi) is 7.05. The number of hydrogen-bond acceptors (Lipinski definition) is 4. The zero-order valence-corrected chi connectivity index (χ0v) is 19.9. The summed E-state index contributed by atoms with van der Waals surface area (Å²) >= 11 is 12.0. The molecule has 2 atom stereocenters. The van der Waals surface area contributed by atoms with Gasteiger partial charge >= 0.3 is 5.91 Å². The van der Waals surface area contributed by atoms with Crippen LogP contribution >= 0.6 is 23.2 Å². The van der Waals surface area contributed by atoms with E-state index in [-0.39, 0.29) is 11.8 Å². The fraction of sp³-hybridized carbons (Fsp3) is 0.160. The summed E-state index contributed by atoms with van der Waals surface area (Å²) < 4.78 is 12.4. The number of nitrogens with one attached hydrogen (secondary N) is 2. The fourth-order valence-corrected chi connectivity index (χ4v) is 4.01. The van der Waals surface area contributed by atoms with Gasteiger partial charge in [0.2, 0.25) is 12.3 Å². The molecule has 1 aliphatic heterocycles. The highest BCUT2D eigenvalue weighted by molar-refractivity contribution is 6.30. The second-order valence-electron chi connectivity index (χ2n) is 7.58. The van der Waals surface area contributed by atoms with Crippen molar-refractivity contribution in [3.05, 3.63) is 93.5 Å². The Morgan fingerprint density at radius 3 is 2.18 bits per heavy atom. The van der Waals surface area contributed by atoms with Gasteiger partial charge in [-0.15, -0.1) is 10.1 Å². The maximum atomic E-state index is 13.0. The minimum absolute atomic E-state index is 0.348. The highest BCUT2D eigenvalue weighted by Crippen LogP contribution is 2.29. The highest BCUT2D eigenvalue weighted by Gasteiger charge is 2.47. The molecule has 9 heteroatoms. The first-order valence-electron chi connectivity index (χ1n) is 10.4. The van der Waals surface area contributed by atoms with Crippen molar-refractivity contribution in [1.29, 1.82) is 0 Å². The van der Waals surface area contributed by atoms with Crippen LogP contribution in [0.1, 0.15) is 27.5 Å². The molecular weight excluding hydrogens is 477 g/mol. The van der Waals surface area contributed by atoms with Crippen LogP contribution < -0.4 is 20.2 Å². The molecule has 1 heterocycles. The van der Waals surface area contributed by atoms with Crippen molar-refractivity contribution in [2.24, 2.45) is 0 Å². The average molecular weight is 499 g/mol. The van der Waals surface area contributed by atoms with Crippen molar-refractivity contribution in [1.82, 2.24) is 10.7 Å². The third-order valence-electron chi connectivity index (χ3n) is 5.44. The SMILES string of the molecule is COc1ccc(/C=[N+]2\NC(=O)[C@H](NC(=O)c3ccc(Cl)cc3)[C@H]2c2ccc(Cl)cc2)cc1OC. The molecule has 4 rings (SSSR count). The van der Waals surface area contributed by atoms with Gasteiger partial charge in [0, 0.05) is 26.7 Å². The van der Waals surface area contributed by atoms with E-state index in [2.05, 4.69) is 10.7 Å². The summed E-state index contributed by atoms with van der Waals surface area (Å²) in [5, 5.41) is 3.94. The van der Waals surface area contributed by atoms with Gasteiger partial charge in [-0.05, 0) is 54.6 Å². The molecule has 0 radical (unpaired) electrons. The smallest absolute Gasteiger partial charge is 0.304 e. The molecule has 0 aliphatic carbocycles. The first-order chi connectivity index (χ1) is 16.4. The largest absolute Gasteiger partial charge is 0.493 e. The van der Waals surface area contributed by atoms with E-state index in [0.29, 0.717) is 27.1 Å². The van der Waals surface area contributed by atoms with Crippen LogP contribution in [0.3, 0.4) is 0 Å². The van der Waals surface area contributed by atoms with Crippen LogP contribution in [-0.2, 0) is 4.79 Å². The number of carbonyl (C=O) groups excluding carboxylic acids is 2. The molecule has 2 N–H and O–H groups in total. The molecule has 0 spiro atoms. The van der Waals surface area contributed by atoms with Crippen LogP contribution in [0.4, 0.5) is 0 Å². The predicted molar refractivity (Wildman–Crippen MR) is 130 cm³/mol. The molecule has 0 aromatic heterocycles. The van der Waals surface area contributed by atoms with Crippen LogP contribution in [0.2, 0.25) is 10.0 Å². The number of hydrazone groups is 1. The molecule has 3 aromatic rings. The first kappa shape index (κ1) is 23.6. The normalized spacial score (nSPS) is 18.5. The summed E-state index contributed by atoms with van der Waals surface area (Å²) in [7, 11) is 3.12. The number of benzene rings is 3. The van der Waals surface area contributed by atoms with E-state index >= 15 is 0 Å². The van der Waals surface area contributed by atoms with Crippen LogP contribution in [0.15, 0.2) is 66.7 Å². The Morgan fingerprint density at radius 2 is 1.56 bits per heavy atom. The van der Waals surface area contributed by atoms with Gasteiger partial charge in [-0.3, -0.25) is 9.59 Å². The van der Waals surface area contributed by atoms with Gasteiger partial charge < -0.3 is 14.8 Å². The van der Waals surface area contributed by atoms with E-state index in [1.807, 2.05) is 18.2 Å². The number of rotatable bonds is 6. The second-order valence-corrected chi connectivity index (χ2v) is 8.45. The van der Waals surface area contributed by atoms with Gasteiger partial charge in [0.05, 0.1) is 14.2 Å². The summed E-state index contributed by atoms with van der Waals surface area (Å²) in [4.78, 5) is 25.9. The molecule has 7 nitrogen and oxygen atoms in total. The molecular formula is C25H22Cl2N3O4+. The topological polar surface area (TPSA) is 79.7 Å². The molecule has 174 valence electrons. The predicted octanol–water partition coefficient (Wildman–Crippen LogP) is 4.03. The maximum Gasteiger partial charge on any atom is 0.304 e. The number of amides is 2. The second kappa shape index (κ2) is 10.2. The number of hydrazine groups is 1. The molecule has 3 aromatic carbocycles. The molecule has 0 saturated carbocycles. The van der Waals surface area contributed by atoms with Gasteiger partial charge in [-0.2, -0.15) is 0 Å². The Labute approximate surface area is 206 Å². The molecule has 1 saturated heterocycles. The standard InChI is InChI=1S/C25H21Cl2N3O4/c1-33-20-12-3-15(13-21(20)34-2)14-30-23(16-4-8-18(26)9-5-16)22(25(32)29-30)28-24(31)17-6-10-19(27)11-7-17/h3-14,22-23H,1-2H3,(H-,28,29,31,32)/p+1/b30-14-/t22-,23-/m1/s1. The third kappa shape index (κ3) is 5.00. The summed E-state index contributed by atoms with van der Waals surface area (Å²) in [6.07, 6.45) is 1.77. The quantitative estimate of drug-likeness (QED) is 0.503. The zero-order chi connectivity index (χ0) is 24.2. The maximum absolute atomic E-state index is 13.0. The van der Waals surface area contributed by atoms with Gasteiger partial charge in [0.25, 0.3) is 5.91 Å². The van der Waals surface area contributed by atoms with Gasteiger partial charge in [-0.25, -0.2) is 0 Å². The molecule has 34 heavy (non-hydrogen) atoms. The first-order valence-corrected chi connectivity index (χ1v) is 11.1. The van der Waals surface area contributed by atoms with E-state index in [0.717, 1.165) is 11.1 Å². The molecule has 2 amide bonds. The van der Waals surface area contributed by atoms with Crippen LogP contribution in [0.5, 0.6) is 11.5 Å². The zero-order valence-electron chi connectivity index (χ0n) is 18.4. The van der Waals surface area contributed by atoms with Crippen LogP contribution in [-0.4, -0.2) is 43.0 Å². The Hall–Kier alpha value is -3.55. The third-order valence-corrected chi connectivity index (χ3v) is 5.94. The van der Waals surface area contributed by atoms with Crippen molar-refractivity contribution >= 4 is 41.2 Å². The van der Waals surface area contributed by atoms with Crippen molar-refractivity contribution in [3.8, 4) is 11.5 Å². The average Bonchev–Trinajstić information content (AvgIpc) is 3.14. The van der Waals surface area contributed by atoms with Crippen LogP contribution in [0.25, 0.3) is 0 Å². The number of hydrogen-bond donors (Lipinski definition) is 2. The molecule has 0 bridgehead atoms. The molecule has 0 unspecified atom stereocenters. The lowest BCUT2D eigenvalue weighted by Crippen LogP contribution is -2.42. The number of carbonyl (C=O) groups is 2.